The second-order valence-corrected chi connectivity index (χ2v) is 13.6. The van der Waals surface area contributed by atoms with Gasteiger partial charge in [0.15, 0.2) is 11.5 Å². The van der Waals surface area contributed by atoms with Crippen molar-refractivity contribution >= 4 is 11.8 Å². The number of carbonyl (C=O) groups excluding carboxylic acids is 2. The van der Waals surface area contributed by atoms with Crippen LogP contribution in [0, 0.1) is 29.1 Å². The quantitative estimate of drug-likeness (QED) is 0.212. The maximum absolute atomic E-state index is 13.3. The molecular weight excluding hydrogens is 534 g/mol. The number of rotatable bonds is 18. The SMILES string of the molecule is COCCCOc1cc(C[C@@H](C[C@@H]2NC(C)(C)O[C@H]2C[C@H](C(=O)NCC(C)(C)C(N)=O)C(C)C)C(C)C)ccc1OC. The van der Waals surface area contributed by atoms with Crippen LogP contribution in [0.1, 0.15) is 80.2 Å². The van der Waals surface area contributed by atoms with E-state index in [9.17, 15) is 9.59 Å². The van der Waals surface area contributed by atoms with E-state index in [0.717, 1.165) is 30.8 Å². The Balaban J connectivity index is 2.18. The number of nitrogens with two attached hydrogens (primary N) is 1. The zero-order valence-corrected chi connectivity index (χ0v) is 27.7. The number of amides is 2. The van der Waals surface area contributed by atoms with Crippen molar-refractivity contribution in [2.24, 2.45) is 34.8 Å². The zero-order chi connectivity index (χ0) is 31.7. The highest BCUT2D eigenvalue weighted by Gasteiger charge is 2.43. The number of ether oxygens (including phenoxy) is 4. The molecule has 42 heavy (non-hydrogen) atoms. The largest absolute Gasteiger partial charge is 0.493 e. The number of carbonyl (C=O) groups is 2. The van der Waals surface area contributed by atoms with Crippen LogP contribution < -0.4 is 25.8 Å². The molecule has 0 aliphatic carbocycles. The summed E-state index contributed by atoms with van der Waals surface area (Å²) in [5.41, 5.74) is 5.41. The number of methoxy groups -OCH3 is 2. The molecule has 2 rings (SSSR count). The van der Waals surface area contributed by atoms with Gasteiger partial charge in [-0.1, -0.05) is 33.8 Å². The molecule has 0 spiro atoms. The van der Waals surface area contributed by atoms with Gasteiger partial charge >= 0.3 is 0 Å². The number of primary amides is 1. The van der Waals surface area contributed by atoms with E-state index in [1.165, 1.54) is 5.56 Å². The normalized spacial score (nSPS) is 20.0. The van der Waals surface area contributed by atoms with Crippen LogP contribution in [-0.2, 0) is 25.5 Å². The molecule has 1 aliphatic rings. The smallest absolute Gasteiger partial charge is 0.224 e. The Morgan fingerprint density at radius 2 is 1.76 bits per heavy atom. The van der Waals surface area contributed by atoms with Crippen molar-refractivity contribution in [1.29, 1.82) is 0 Å². The fourth-order valence-corrected chi connectivity index (χ4v) is 5.48. The van der Waals surface area contributed by atoms with Crippen LogP contribution in [0.2, 0.25) is 0 Å². The zero-order valence-electron chi connectivity index (χ0n) is 27.7. The lowest BCUT2D eigenvalue weighted by Crippen LogP contribution is -2.46. The first-order valence-electron chi connectivity index (χ1n) is 15.4. The highest BCUT2D eigenvalue weighted by atomic mass is 16.5. The molecule has 4 atom stereocenters. The van der Waals surface area contributed by atoms with Gasteiger partial charge in [0.1, 0.15) is 5.72 Å². The van der Waals surface area contributed by atoms with E-state index in [1.807, 2.05) is 19.9 Å². The van der Waals surface area contributed by atoms with Crippen LogP contribution in [0.4, 0.5) is 0 Å². The van der Waals surface area contributed by atoms with Gasteiger partial charge in [-0.3, -0.25) is 14.9 Å². The molecule has 0 saturated carbocycles. The van der Waals surface area contributed by atoms with Gasteiger partial charge in [0, 0.05) is 38.6 Å². The van der Waals surface area contributed by atoms with E-state index in [0.29, 0.717) is 31.5 Å². The summed E-state index contributed by atoms with van der Waals surface area (Å²) in [5, 5.41) is 6.68. The summed E-state index contributed by atoms with van der Waals surface area (Å²) in [6, 6.07) is 6.27. The maximum atomic E-state index is 13.3. The highest BCUT2D eigenvalue weighted by molar-refractivity contribution is 5.83. The minimum absolute atomic E-state index is 0.0666. The summed E-state index contributed by atoms with van der Waals surface area (Å²) < 4.78 is 23.2. The Morgan fingerprint density at radius 1 is 1.07 bits per heavy atom. The number of nitrogens with one attached hydrogen (secondary N) is 2. The van der Waals surface area contributed by atoms with Gasteiger partial charge in [-0.05, 0) is 82.4 Å². The molecule has 2 amide bonds. The Morgan fingerprint density at radius 3 is 2.33 bits per heavy atom. The van der Waals surface area contributed by atoms with Gasteiger partial charge in [0.2, 0.25) is 11.8 Å². The van der Waals surface area contributed by atoms with Crippen molar-refractivity contribution in [2.75, 3.05) is 34.0 Å². The summed E-state index contributed by atoms with van der Waals surface area (Å²) in [5.74, 6) is 1.64. The van der Waals surface area contributed by atoms with Crippen LogP contribution in [0.3, 0.4) is 0 Å². The summed E-state index contributed by atoms with van der Waals surface area (Å²) in [4.78, 5) is 25.1. The Kier molecular flexibility index (Phi) is 13.6. The third-order valence-corrected chi connectivity index (χ3v) is 8.40. The first-order chi connectivity index (χ1) is 19.6. The van der Waals surface area contributed by atoms with Gasteiger partial charge in [-0.25, -0.2) is 0 Å². The predicted molar refractivity (Wildman–Crippen MR) is 166 cm³/mol. The molecule has 1 saturated heterocycles. The predicted octanol–water partition coefficient (Wildman–Crippen LogP) is 4.70. The van der Waals surface area contributed by atoms with Crippen LogP contribution in [0.5, 0.6) is 11.5 Å². The van der Waals surface area contributed by atoms with E-state index in [2.05, 4.69) is 50.5 Å². The Bertz CT molecular complexity index is 1010. The standard InChI is InChI=1S/C33H57N3O6/c1-21(2)24(16-23-12-13-27(40-10)29(17-23)41-15-11-14-39-9)18-26-28(42-33(7,8)36-26)19-25(22(3)4)30(37)35-20-32(5,6)31(34)38/h12-13,17,21-22,24-26,28,36H,11,14-16,18-20H2,1-10H3,(H2,34,38)(H,35,37)/t24-,25-,26-,28-/m0/s1. The second kappa shape index (κ2) is 15.9. The van der Waals surface area contributed by atoms with Gasteiger partial charge in [-0.15, -0.1) is 0 Å². The molecule has 1 aliphatic heterocycles. The first kappa shape index (κ1) is 35.8. The Hall–Kier alpha value is -2.36. The second-order valence-electron chi connectivity index (χ2n) is 13.6. The lowest BCUT2D eigenvalue weighted by atomic mass is 9.80. The minimum atomic E-state index is -0.812. The molecule has 4 N–H and O–H groups in total. The molecule has 1 heterocycles. The van der Waals surface area contributed by atoms with Crippen molar-refractivity contribution in [3.8, 4) is 11.5 Å². The Labute approximate surface area is 253 Å². The van der Waals surface area contributed by atoms with Crippen molar-refractivity contribution in [3.05, 3.63) is 23.8 Å². The molecule has 1 fully saturated rings. The van der Waals surface area contributed by atoms with Gasteiger partial charge in [0.05, 0.1) is 25.2 Å². The monoisotopic (exact) mass is 591 g/mol. The molecule has 0 bridgehead atoms. The lowest BCUT2D eigenvalue weighted by Gasteiger charge is -2.30. The topological polar surface area (TPSA) is 121 Å². The third kappa shape index (κ3) is 10.7. The average molecular weight is 592 g/mol. The summed E-state index contributed by atoms with van der Waals surface area (Å²) in [7, 11) is 3.35. The van der Waals surface area contributed by atoms with Crippen LogP contribution in [0.25, 0.3) is 0 Å². The molecule has 240 valence electrons. The first-order valence-corrected chi connectivity index (χ1v) is 15.4. The summed E-state index contributed by atoms with van der Waals surface area (Å²) in [6.45, 7) is 17.6. The van der Waals surface area contributed by atoms with Crippen molar-refractivity contribution in [2.45, 2.75) is 98.9 Å². The van der Waals surface area contributed by atoms with E-state index in [1.54, 1.807) is 28.1 Å². The third-order valence-electron chi connectivity index (χ3n) is 8.40. The highest BCUT2D eigenvalue weighted by Crippen LogP contribution is 2.35. The summed E-state index contributed by atoms with van der Waals surface area (Å²) >= 11 is 0. The molecule has 0 radical (unpaired) electrons. The molecule has 9 nitrogen and oxygen atoms in total. The van der Waals surface area contributed by atoms with Crippen molar-refractivity contribution in [1.82, 2.24) is 10.6 Å². The molecule has 1 aromatic carbocycles. The van der Waals surface area contributed by atoms with Gasteiger partial charge < -0.3 is 30.0 Å². The number of hydrogen-bond acceptors (Lipinski definition) is 7. The molecule has 0 unspecified atom stereocenters. The van der Waals surface area contributed by atoms with Gasteiger partial charge in [0.25, 0.3) is 0 Å². The van der Waals surface area contributed by atoms with E-state index in [4.69, 9.17) is 24.7 Å². The minimum Gasteiger partial charge on any atom is -0.493 e. The van der Waals surface area contributed by atoms with Crippen LogP contribution in [0.15, 0.2) is 18.2 Å². The van der Waals surface area contributed by atoms with E-state index < -0.39 is 17.0 Å². The fraction of sp³-hybridized carbons (Fsp3) is 0.758. The summed E-state index contributed by atoms with van der Waals surface area (Å²) in [6.07, 6.45) is 3.07. The van der Waals surface area contributed by atoms with E-state index >= 15 is 0 Å². The maximum Gasteiger partial charge on any atom is 0.224 e. The van der Waals surface area contributed by atoms with Crippen LogP contribution >= 0.6 is 0 Å². The molecule has 0 aromatic heterocycles. The molecule has 1 aromatic rings. The van der Waals surface area contributed by atoms with Crippen LogP contribution in [-0.4, -0.2) is 63.7 Å². The van der Waals surface area contributed by atoms with Crippen molar-refractivity contribution < 1.29 is 28.5 Å². The lowest BCUT2D eigenvalue weighted by molar-refractivity contribution is -0.130. The molecular formula is C33H57N3O6. The molecule has 9 heteroatoms. The fourth-order valence-electron chi connectivity index (χ4n) is 5.48. The average Bonchev–Trinajstić information content (AvgIpc) is 3.20. The van der Waals surface area contributed by atoms with Gasteiger partial charge in [-0.2, -0.15) is 0 Å². The number of hydrogen-bond donors (Lipinski definition) is 3. The van der Waals surface area contributed by atoms with Crippen molar-refractivity contribution in [3.63, 3.8) is 0 Å². The number of benzene rings is 1. The van der Waals surface area contributed by atoms with E-state index in [-0.39, 0.29) is 36.4 Å².